The number of likely N-dealkylation sites (tertiary alicyclic amines) is 1. The third-order valence-corrected chi connectivity index (χ3v) is 4.94. The molecule has 1 fully saturated rings. The smallest absolute Gasteiger partial charge is 0.319 e. The Morgan fingerprint density at radius 2 is 1.86 bits per heavy atom. The van der Waals surface area contributed by atoms with Gasteiger partial charge in [0, 0.05) is 18.8 Å². The largest absolute Gasteiger partial charge is 0.494 e. The zero-order valence-electron chi connectivity index (χ0n) is 16.7. The van der Waals surface area contributed by atoms with Crippen LogP contribution in [0.3, 0.4) is 0 Å². The van der Waals surface area contributed by atoms with Crippen LogP contribution in [0.1, 0.15) is 36.8 Å². The van der Waals surface area contributed by atoms with Crippen LogP contribution in [0.5, 0.6) is 5.75 Å². The molecular weight excluding hydrogens is 350 g/mol. The number of piperidine rings is 1. The number of nitrogens with one attached hydrogen (secondary N) is 2. The lowest BCUT2D eigenvalue weighted by Gasteiger charge is -2.26. The molecular formula is C23H31N3O2. The molecule has 0 unspecified atom stereocenters. The zero-order chi connectivity index (χ0) is 19.6. The highest BCUT2D eigenvalue weighted by Gasteiger charge is 2.10. The molecule has 3 rings (SSSR count). The number of benzene rings is 2. The quantitative estimate of drug-likeness (QED) is 0.659. The van der Waals surface area contributed by atoms with Crippen molar-refractivity contribution < 1.29 is 9.53 Å². The lowest BCUT2D eigenvalue weighted by molar-refractivity contribution is 0.220. The molecule has 0 atom stereocenters. The fourth-order valence-electron chi connectivity index (χ4n) is 3.39. The van der Waals surface area contributed by atoms with Crippen molar-refractivity contribution in [1.82, 2.24) is 10.2 Å². The van der Waals surface area contributed by atoms with Gasteiger partial charge in [-0.05, 0) is 69.1 Å². The van der Waals surface area contributed by atoms with Crippen LogP contribution in [0.15, 0.2) is 48.5 Å². The summed E-state index contributed by atoms with van der Waals surface area (Å²) < 4.78 is 5.86. The normalized spacial score (nSPS) is 14.5. The summed E-state index contributed by atoms with van der Waals surface area (Å²) in [5.41, 5.74) is 3.27. The first-order valence-corrected chi connectivity index (χ1v) is 10.2. The van der Waals surface area contributed by atoms with Crippen LogP contribution in [0.25, 0.3) is 0 Å². The topological polar surface area (TPSA) is 53.6 Å². The molecule has 28 heavy (non-hydrogen) atoms. The Balaban J connectivity index is 1.33. The predicted octanol–water partition coefficient (Wildman–Crippen LogP) is 4.57. The minimum atomic E-state index is -0.188. The molecule has 2 aromatic rings. The van der Waals surface area contributed by atoms with Gasteiger partial charge in [-0.3, -0.25) is 4.90 Å². The standard InChI is InChI=1S/C23H31N3O2/c1-19-9-11-21(12-10-19)25-23(27)24-13-6-16-28-22-8-5-7-20(17-22)18-26-14-3-2-4-15-26/h5,7-12,17H,2-4,6,13-16,18H2,1H3,(H2,24,25,27). The van der Waals surface area contributed by atoms with Crippen molar-refractivity contribution in [2.24, 2.45) is 0 Å². The second kappa shape index (κ2) is 10.7. The van der Waals surface area contributed by atoms with Gasteiger partial charge < -0.3 is 15.4 Å². The van der Waals surface area contributed by atoms with Crippen molar-refractivity contribution in [3.63, 3.8) is 0 Å². The van der Waals surface area contributed by atoms with Crippen molar-refractivity contribution in [3.05, 3.63) is 59.7 Å². The maximum Gasteiger partial charge on any atom is 0.319 e. The molecule has 5 heteroatoms. The van der Waals surface area contributed by atoms with Crippen molar-refractivity contribution in [3.8, 4) is 5.75 Å². The zero-order valence-corrected chi connectivity index (χ0v) is 16.7. The highest BCUT2D eigenvalue weighted by Crippen LogP contribution is 2.17. The summed E-state index contributed by atoms with van der Waals surface area (Å²) in [7, 11) is 0. The van der Waals surface area contributed by atoms with E-state index in [1.165, 1.54) is 43.5 Å². The van der Waals surface area contributed by atoms with E-state index in [4.69, 9.17) is 4.74 Å². The Labute approximate surface area is 168 Å². The van der Waals surface area contributed by atoms with Crippen LogP contribution in [0.2, 0.25) is 0 Å². The first-order chi connectivity index (χ1) is 13.7. The summed E-state index contributed by atoms with van der Waals surface area (Å²) in [6.07, 6.45) is 4.73. The molecule has 5 nitrogen and oxygen atoms in total. The van der Waals surface area contributed by atoms with E-state index < -0.39 is 0 Å². The van der Waals surface area contributed by atoms with Crippen molar-refractivity contribution in [2.45, 2.75) is 39.2 Å². The van der Waals surface area contributed by atoms with Gasteiger partial charge in [0.15, 0.2) is 0 Å². The summed E-state index contributed by atoms with van der Waals surface area (Å²) in [4.78, 5) is 14.4. The highest BCUT2D eigenvalue weighted by atomic mass is 16.5. The number of rotatable bonds is 8. The van der Waals surface area contributed by atoms with Gasteiger partial charge in [-0.15, -0.1) is 0 Å². The molecule has 0 saturated carbocycles. The Bertz CT molecular complexity index is 740. The average molecular weight is 382 g/mol. The molecule has 0 bridgehead atoms. The number of nitrogens with zero attached hydrogens (tertiary/aromatic N) is 1. The maximum atomic E-state index is 11.9. The fourth-order valence-corrected chi connectivity index (χ4v) is 3.39. The maximum absolute atomic E-state index is 11.9. The molecule has 2 N–H and O–H groups in total. The molecule has 0 aromatic heterocycles. The third kappa shape index (κ3) is 6.89. The number of hydrogen-bond acceptors (Lipinski definition) is 3. The Morgan fingerprint density at radius 3 is 2.64 bits per heavy atom. The minimum Gasteiger partial charge on any atom is -0.494 e. The number of urea groups is 1. The van der Waals surface area contributed by atoms with Gasteiger partial charge in [0.2, 0.25) is 0 Å². The monoisotopic (exact) mass is 381 g/mol. The van der Waals surface area contributed by atoms with Gasteiger partial charge in [0.25, 0.3) is 0 Å². The van der Waals surface area contributed by atoms with Crippen LogP contribution in [0, 0.1) is 6.92 Å². The number of anilines is 1. The Morgan fingerprint density at radius 1 is 1.07 bits per heavy atom. The van der Waals surface area contributed by atoms with Crippen LogP contribution in [-0.4, -0.2) is 37.2 Å². The molecule has 0 radical (unpaired) electrons. The van der Waals surface area contributed by atoms with E-state index in [1.54, 1.807) is 0 Å². The first-order valence-electron chi connectivity index (χ1n) is 10.2. The lowest BCUT2D eigenvalue weighted by Crippen LogP contribution is -2.30. The van der Waals surface area contributed by atoms with E-state index in [0.29, 0.717) is 13.2 Å². The molecule has 1 aliphatic rings. The third-order valence-electron chi connectivity index (χ3n) is 4.94. The summed E-state index contributed by atoms with van der Waals surface area (Å²) in [6.45, 7) is 6.57. The molecule has 2 amide bonds. The van der Waals surface area contributed by atoms with Crippen molar-refractivity contribution in [1.29, 1.82) is 0 Å². The fraction of sp³-hybridized carbons (Fsp3) is 0.435. The van der Waals surface area contributed by atoms with E-state index in [-0.39, 0.29) is 6.03 Å². The van der Waals surface area contributed by atoms with Crippen molar-refractivity contribution in [2.75, 3.05) is 31.6 Å². The van der Waals surface area contributed by atoms with Gasteiger partial charge in [0.1, 0.15) is 5.75 Å². The van der Waals surface area contributed by atoms with Crippen molar-refractivity contribution >= 4 is 11.7 Å². The second-order valence-electron chi connectivity index (χ2n) is 7.43. The lowest BCUT2D eigenvalue weighted by atomic mass is 10.1. The van der Waals surface area contributed by atoms with E-state index in [9.17, 15) is 4.79 Å². The van der Waals surface area contributed by atoms with E-state index in [2.05, 4.69) is 33.7 Å². The van der Waals surface area contributed by atoms with E-state index in [1.807, 2.05) is 37.3 Å². The molecule has 1 saturated heterocycles. The summed E-state index contributed by atoms with van der Waals surface area (Å²) in [5, 5.41) is 5.69. The molecule has 0 aliphatic carbocycles. The minimum absolute atomic E-state index is 0.188. The first kappa shape index (κ1) is 20.2. The SMILES string of the molecule is Cc1ccc(NC(=O)NCCCOc2cccc(CN3CCCCC3)c2)cc1. The van der Waals surface area contributed by atoms with Gasteiger partial charge in [0.05, 0.1) is 6.61 Å². The van der Waals surface area contributed by atoms with Gasteiger partial charge >= 0.3 is 6.03 Å². The average Bonchev–Trinajstić information content (AvgIpc) is 2.71. The molecule has 0 spiro atoms. The van der Waals surface area contributed by atoms with Crippen LogP contribution < -0.4 is 15.4 Å². The summed E-state index contributed by atoms with van der Waals surface area (Å²) in [5.74, 6) is 0.901. The molecule has 1 aliphatic heterocycles. The predicted molar refractivity (Wildman–Crippen MR) is 114 cm³/mol. The van der Waals surface area contributed by atoms with Gasteiger partial charge in [-0.25, -0.2) is 4.79 Å². The summed E-state index contributed by atoms with van der Waals surface area (Å²) >= 11 is 0. The molecule has 1 heterocycles. The van der Waals surface area contributed by atoms with Crippen LogP contribution in [0.4, 0.5) is 10.5 Å². The van der Waals surface area contributed by atoms with Crippen LogP contribution >= 0.6 is 0 Å². The van der Waals surface area contributed by atoms with Gasteiger partial charge in [-0.2, -0.15) is 0 Å². The highest BCUT2D eigenvalue weighted by molar-refractivity contribution is 5.89. The number of aryl methyl sites for hydroxylation is 1. The second-order valence-corrected chi connectivity index (χ2v) is 7.43. The number of carbonyl (C=O) groups is 1. The molecule has 2 aromatic carbocycles. The van der Waals surface area contributed by atoms with Crippen LogP contribution in [-0.2, 0) is 6.54 Å². The van der Waals surface area contributed by atoms with E-state index >= 15 is 0 Å². The number of ether oxygens (including phenoxy) is 1. The van der Waals surface area contributed by atoms with Gasteiger partial charge in [-0.1, -0.05) is 36.2 Å². The molecule has 150 valence electrons. The Hall–Kier alpha value is -2.53. The number of carbonyl (C=O) groups excluding carboxylic acids is 1. The number of hydrogen-bond donors (Lipinski definition) is 2. The summed E-state index contributed by atoms with van der Waals surface area (Å²) in [6, 6.07) is 15.9. The number of amides is 2. The van der Waals surface area contributed by atoms with E-state index in [0.717, 1.165) is 24.4 Å². The Kier molecular flexibility index (Phi) is 7.73.